The van der Waals surface area contributed by atoms with E-state index in [2.05, 4.69) is 33.1 Å². The number of nitrogens with zero attached hydrogens (tertiary/aromatic N) is 1. The first-order valence-corrected chi connectivity index (χ1v) is 6.22. The van der Waals surface area contributed by atoms with Crippen molar-refractivity contribution in [1.29, 1.82) is 0 Å². The highest BCUT2D eigenvalue weighted by Gasteiger charge is 2.33. The normalized spacial score (nSPS) is 11.7. The van der Waals surface area contributed by atoms with E-state index in [1.165, 1.54) is 0 Å². The highest BCUT2D eigenvalue weighted by atomic mass is 79.9. The van der Waals surface area contributed by atoms with Crippen molar-refractivity contribution in [2.45, 2.75) is 6.18 Å². The number of aromatic amines is 1. The van der Waals surface area contributed by atoms with Gasteiger partial charge in [-0.15, -0.1) is 0 Å². The van der Waals surface area contributed by atoms with Gasteiger partial charge in [0.1, 0.15) is 17.3 Å². The Morgan fingerprint density at radius 1 is 1.20 bits per heavy atom. The molecule has 0 fully saturated rings. The maximum absolute atomic E-state index is 13.9. The van der Waals surface area contributed by atoms with Crippen LogP contribution < -0.4 is 0 Å². The fourth-order valence-electron chi connectivity index (χ4n) is 1.50. The van der Waals surface area contributed by atoms with Gasteiger partial charge in [0.05, 0.1) is 15.7 Å². The van der Waals surface area contributed by atoms with Gasteiger partial charge in [0.15, 0.2) is 4.77 Å². The van der Waals surface area contributed by atoms with Crippen molar-refractivity contribution in [3.63, 3.8) is 0 Å². The second kappa shape index (κ2) is 5.21. The molecule has 2 rings (SSSR count). The Morgan fingerprint density at radius 3 is 2.45 bits per heavy atom. The van der Waals surface area contributed by atoms with Crippen LogP contribution in [0.15, 0.2) is 22.7 Å². The summed E-state index contributed by atoms with van der Waals surface area (Å²) in [6.07, 6.45) is -4.73. The van der Waals surface area contributed by atoms with Gasteiger partial charge < -0.3 is 4.98 Å². The largest absolute Gasteiger partial charge is 0.431 e. The molecule has 0 spiro atoms. The first-order chi connectivity index (χ1) is 9.20. The number of rotatable bonds is 1. The van der Waals surface area contributed by atoms with Crippen molar-refractivity contribution in [3.8, 4) is 11.3 Å². The molecule has 1 aromatic heterocycles. The molecule has 0 saturated carbocycles. The number of aromatic nitrogens is 2. The smallest absolute Gasteiger partial charge is 0.327 e. The van der Waals surface area contributed by atoms with Crippen molar-refractivity contribution in [2.75, 3.05) is 0 Å². The van der Waals surface area contributed by atoms with Gasteiger partial charge in [0.25, 0.3) is 0 Å². The van der Waals surface area contributed by atoms with E-state index in [0.717, 1.165) is 12.1 Å². The Morgan fingerprint density at radius 2 is 1.85 bits per heavy atom. The van der Waals surface area contributed by atoms with Crippen LogP contribution in [0.1, 0.15) is 5.69 Å². The minimum absolute atomic E-state index is 0.0944. The van der Waals surface area contributed by atoms with Crippen LogP contribution in [0.4, 0.5) is 22.0 Å². The fourth-order valence-corrected chi connectivity index (χ4v) is 2.04. The number of H-pyrrole nitrogens is 1. The molecule has 0 unspecified atom stereocenters. The molecule has 1 heterocycles. The molecule has 0 aliphatic rings. The van der Waals surface area contributed by atoms with Crippen molar-refractivity contribution < 1.29 is 22.0 Å². The molecule has 0 amide bonds. The van der Waals surface area contributed by atoms with E-state index >= 15 is 0 Å². The monoisotopic (exact) mass is 370 g/mol. The summed E-state index contributed by atoms with van der Waals surface area (Å²) in [6.45, 7) is 0. The van der Waals surface area contributed by atoms with Crippen LogP contribution in [-0.2, 0) is 6.18 Å². The lowest BCUT2D eigenvalue weighted by atomic mass is 10.1. The second-order valence-corrected chi connectivity index (χ2v) is 4.94. The SMILES string of the molecule is Fc1ccc(Br)c(F)c1-c1cc(C(F)(F)F)[nH]c(=S)n1. The Balaban J connectivity index is 2.75. The molecule has 9 heteroatoms. The molecular weight excluding hydrogens is 367 g/mol. The predicted molar refractivity (Wildman–Crippen MR) is 67.5 cm³/mol. The quantitative estimate of drug-likeness (QED) is 0.441. The summed E-state index contributed by atoms with van der Waals surface area (Å²) in [7, 11) is 0. The van der Waals surface area contributed by atoms with Crippen LogP contribution in [0.3, 0.4) is 0 Å². The zero-order chi connectivity index (χ0) is 15.1. The van der Waals surface area contributed by atoms with Crippen LogP contribution in [0, 0.1) is 16.4 Å². The first kappa shape index (κ1) is 15.0. The summed E-state index contributed by atoms with van der Waals surface area (Å²) in [5.74, 6) is -2.09. The maximum Gasteiger partial charge on any atom is 0.431 e. The Bertz CT molecular complexity index is 726. The molecule has 106 valence electrons. The summed E-state index contributed by atoms with van der Waals surface area (Å²) in [5.41, 5.74) is -2.44. The number of nitrogens with one attached hydrogen (secondary N) is 1. The lowest BCUT2D eigenvalue weighted by molar-refractivity contribution is -0.141. The van der Waals surface area contributed by atoms with E-state index in [-0.39, 0.29) is 4.47 Å². The summed E-state index contributed by atoms with van der Waals surface area (Å²) in [5, 5.41) is 0. The molecule has 20 heavy (non-hydrogen) atoms. The van der Waals surface area contributed by atoms with E-state index in [0.29, 0.717) is 6.07 Å². The molecule has 1 aromatic carbocycles. The Labute approximate surface area is 122 Å². The van der Waals surface area contributed by atoms with Crippen LogP contribution >= 0.6 is 28.1 Å². The number of hydrogen-bond acceptors (Lipinski definition) is 2. The van der Waals surface area contributed by atoms with Gasteiger partial charge in [0.2, 0.25) is 0 Å². The Kier molecular flexibility index (Phi) is 3.92. The van der Waals surface area contributed by atoms with Crippen molar-refractivity contribution in [2.24, 2.45) is 0 Å². The summed E-state index contributed by atoms with van der Waals surface area (Å²) in [6, 6.07) is 2.52. The molecule has 0 aliphatic heterocycles. The average Bonchev–Trinajstić information content (AvgIpc) is 2.33. The van der Waals surface area contributed by atoms with Crippen molar-refractivity contribution >= 4 is 28.1 Å². The van der Waals surface area contributed by atoms with Crippen LogP contribution in [0.5, 0.6) is 0 Å². The van der Waals surface area contributed by atoms with Gasteiger partial charge in [-0.1, -0.05) is 0 Å². The lowest BCUT2D eigenvalue weighted by Gasteiger charge is -2.10. The molecule has 0 saturated heterocycles. The molecule has 1 N–H and O–H groups in total. The minimum atomic E-state index is -4.73. The number of alkyl halides is 3. The van der Waals surface area contributed by atoms with Gasteiger partial charge >= 0.3 is 6.18 Å². The maximum atomic E-state index is 13.9. The molecule has 2 aromatic rings. The molecule has 0 aliphatic carbocycles. The van der Waals surface area contributed by atoms with E-state index in [1.807, 2.05) is 4.98 Å². The van der Waals surface area contributed by atoms with Gasteiger partial charge in [-0.3, -0.25) is 0 Å². The third-order valence-corrected chi connectivity index (χ3v) is 3.16. The zero-order valence-electron chi connectivity index (χ0n) is 9.36. The summed E-state index contributed by atoms with van der Waals surface area (Å²) < 4.78 is 64.8. The molecular formula is C11H4BrF5N2S. The van der Waals surface area contributed by atoms with Crippen LogP contribution in [0.2, 0.25) is 0 Å². The Hall–Kier alpha value is -1.35. The molecule has 2 nitrogen and oxygen atoms in total. The standard InChI is InChI=1S/C11H4BrF5N2S/c12-4-1-2-5(13)8(9(4)14)6-3-7(11(15,16)17)19-10(20)18-6/h1-3H,(H,18,19,20). The van der Waals surface area contributed by atoms with E-state index in [1.54, 1.807) is 0 Å². The highest BCUT2D eigenvalue weighted by Crippen LogP contribution is 2.33. The second-order valence-electron chi connectivity index (χ2n) is 3.70. The van der Waals surface area contributed by atoms with Crippen LogP contribution in [-0.4, -0.2) is 9.97 Å². The fraction of sp³-hybridized carbons (Fsp3) is 0.0909. The molecule has 0 radical (unpaired) electrons. The minimum Gasteiger partial charge on any atom is -0.327 e. The van der Waals surface area contributed by atoms with E-state index < -0.39 is 39.5 Å². The zero-order valence-corrected chi connectivity index (χ0v) is 11.8. The lowest BCUT2D eigenvalue weighted by Crippen LogP contribution is -2.09. The van der Waals surface area contributed by atoms with Crippen LogP contribution in [0.25, 0.3) is 11.3 Å². The van der Waals surface area contributed by atoms with E-state index in [9.17, 15) is 22.0 Å². The predicted octanol–water partition coefficient (Wildman–Crippen LogP) is 4.87. The highest BCUT2D eigenvalue weighted by molar-refractivity contribution is 9.10. The number of benzene rings is 1. The molecule has 0 bridgehead atoms. The van der Waals surface area contributed by atoms with E-state index in [4.69, 9.17) is 0 Å². The summed E-state index contributed by atoms with van der Waals surface area (Å²) >= 11 is 7.38. The number of halogens is 6. The van der Waals surface area contributed by atoms with Gasteiger partial charge in [-0.25, -0.2) is 13.8 Å². The third-order valence-electron chi connectivity index (χ3n) is 2.35. The topological polar surface area (TPSA) is 28.7 Å². The van der Waals surface area contributed by atoms with Crippen molar-refractivity contribution in [3.05, 3.63) is 44.8 Å². The van der Waals surface area contributed by atoms with Gasteiger partial charge in [-0.05, 0) is 46.3 Å². The van der Waals surface area contributed by atoms with Gasteiger partial charge in [-0.2, -0.15) is 13.2 Å². The average molecular weight is 371 g/mol. The van der Waals surface area contributed by atoms with Crippen molar-refractivity contribution in [1.82, 2.24) is 9.97 Å². The summed E-state index contributed by atoms with van der Waals surface area (Å²) in [4.78, 5) is 5.37. The number of hydrogen-bond donors (Lipinski definition) is 1. The molecule has 0 atom stereocenters. The van der Waals surface area contributed by atoms with Gasteiger partial charge in [0, 0.05) is 0 Å². The first-order valence-electron chi connectivity index (χ1n) is 5.02. The third kappa shape index (κ3) is 2.88.